The molecule has 0 aromatic carbocycles. The zero-order valence-electron chi connectivity index (χ0n) is 8.62. The smallest absolute Gasteiger partial charge is 0.142 e. The summed E-state index contributed by atoms with van der Waals surface area (Å²) in [6, 6.07) is 5.66. The van der Waals surface area contributed by atoms with Gasteiger partial charge in [0.2, 0.25) is 0 Å². The molecule has 14 heavy (non-hydrogen) atoms. The van der Waals surface area contributed by atoms with E-state index in [1.807, 2.05) is 12.1 Å². The van der Waals surface area contributed by atoms with Crippen molar-refractivity contribution in [2.45, 2.75) is 20.3 Å². The molecule has 0 bridgehead atoms. The first-order chi connectivity index (χ1) is 6.72. The van der Waals surface area contributed by atoms with Crippen LogP contribution in [0.15, 0.2) is 18.3 Å². The molecule has 0 aliphatic rings. The second-order valence-electron chi connectivity index (χ2n) is 3.65. The number of rotatable bonds is 4. The van der Waals surface area contributed by atoms with Crippen molar-refractivity contribution in [1.29, 1.82) is 5.26 Å². The summed E-state index contributed by atoms with van der Waals surface area (Å²) in [6.45, 7) is 5.32. The van der Waals surface area contributed by atoms with Crippen molar-refractivity contribution in [3.05, 3.63) is 24.0 Å². The summed E-state index contributed by atoms with van der Waals surface area (Å²) in [6.07, 6.45) is 2.78. The van der Waals surface area contributed by atoms with Crippen molar-refractivity contribution >= 4 is 5.69 Å². The molecule has 0 saturated heterocycles. The van der Waals surface area contributed by atoms with Gasteiger partial charge in [0.05, 0.1) is 0 Å². The molecule has 74 valence electrons. The zero-order chi connectivity index (χ0) is 10.4. The largest absolute Gasteiger partial charge is 0.385 e. The van der Waals surface area contributed by atoms with Gasteiger partial charge in [0.25, 0.3) is 0 Å². The molecule has 1 N–H and O–H groups in total. The topological polar surface area (TPSA) is 48.7 Å². The Morgan fingerprint density at radius 2 is 2.36 bits per heavy atom. The van der Waals surface area contributed by atoms with Crippen molar-refractivity contribution in [3.8, 4) is 6.07 Å². The molecule has 0 spiro atoms. The minimum absolute atomic E-state index is 0.458. The molecule has 0 unspecified atom stereocenters. The highest BCUT2D eigenvalue weighted by Crippen LogP contribution is 2.08. The van der Waals surface area contributed by atoms with E-state index < -0.39 is 0 Å². The van der Waals surface area contributed by atoms with Crippen LogP contribution in [0.1, 0.15) is 26.0 Å². The van der Waals surface area contributed by atoms with Crippen molar-refractivity contribution in [3.63, 3.8) is 0 Å². The Balaban J connectivity index is 2.47. The van der Waals surface area contributed by atoms with Gasteiger partial charge >= 0.3 is 0 Å². The third-order valence-corrected chi connectivity index (χ3v) is 1.93. The fourth-order valence-electron chi connectivity index (χ4n) is 1.11. The molecule has 0 amide bonds. The highest BCUT2D eigenvalue weighted by molar-refractivity contribution is 5.45. The minimum atomic E-state index is 0.458. The predicted molar refractivity (Wildman–Crippen MR) is 56.9 cm³/mol. The summed E-state index contributed by atoms with van der Waals surface area (Å²) in [5.74, 6) is 0.694. The third kappa shape index (κ3) is 3.44. The van der Waals surface area contributed by atoms with Crippen LogP contribution in [0.4, 0.5) is 5.69 Å². The first kappa shape index (κ1) is 10.5. The molecule has 0 saturated carbocycles. The summed E-state index contributed by atoms with van der Waals surface area (Å²) in [7, 11) is 0. The number of nitriles is 1. The molecule has 1 rings (SSSR count). The molecule has 3 nitrogen and oxygen atoms in total. The van der Waals surface area contributed by atoms with Crippen LogP contribution in [0.2, 0.25) is 0 Å². The first-order valence-electron chi connectivity index (χ1n) is 4.82. The van der Waals surface area contributed by atoms with E-state index in [1.54, 1.807) is 12.3 Å². The zero-order valence-corrected chi connectivity index (χ0v) is 8.62. The summed E-state index contributed by atoms with van der Waals surface area (Å²) < 4.78 is 0. The van der Waals surface area contributed by atoms with E-state index in [1.165, 1.54) is 0 Å². The van der Waals surface area contributed by atoms with Crippen molar-refractivity contribution in [2.75, 3.05) is 11.9 Å². The summed E-state index contributed by atoms with van der Waals surface area (Å²) in [5, 5.41) is 11.9. The van der Waals surface area contributed by atoms with Crippen LogP contribution in [-0.2, 0) is 0 Å². The molecular weight excluding hydrogens is 174 g/mol. The maximum Gasteiger partial charge on any atom is 0.142 e. The Morgan fingerprint density at radius 1 is 1.57 bits per heavy atom. The average molecular weight is 189 g/mol. The molecule has 1 aromatic heterocycles. The Hall–Kier alpha value is -1.56. The molecule has 1 aromatic rings. The van der Waals surface area contributed by atoms with Gasteiger partial charge in [-0.2, -0.15) is 5.26 Å². The van der Waals surface area contributed by atoms with Gasteiger partial charge in [-0.1, -0.05) is 13.8 Å². The standard InChI is InChI=1S/C11H15N3/c1-9(2)3-5-13-10-4-6-14-11(7-10)8-12/h4,6-7,9H,3,5H2,1-2H3,(H,13,14). The van der Waals surface area contributed by atoms with Crippen LogP contribution >= 0.6 is 0 Å². The van der Waals surface area contributed by atoms with Gasteiger partial charge < -0.3 is 5.32 Å². The van der Waals surface area contributed by atoms with Gasteiger partial charge in [0.15, 0.2) is 0 Å². The molecule has 0 atom stereocenters. The van der Waals surface area contributed by atoms with Crippen LogP contribution in [0.3, 0.4) is 0 Å². The van der Waals surface area contributed by atoms with Crippen molar-refractivity contribution in [1.82, 2.24) is 4.98 Å². The van der Waals surface area contributed by atoms with E-state index in [2.05, 4.69) is 24.1 Å². The number of hydrogen-bond acceptors (Lipinski definition) is 3. The van der Waals surface area contributed by atoms with E-state index in [4.69, 9.17) is 5.26 Å². The average Bonchev–Trinajstić information content (AvgIpc) is 2.18. The van der Waals surface area contributed by atoms with Crippen molar-refractivity contribution < 1.29 is 0 Å². The monoisotopic (exact) mass is 189 g/mol. The third-order valence-electron chi connectivity index (χ3n) is 1.93. The summed E-state index contributed by atoms with van der Waals surface area (Å²) in [4.78, 5) is 3.90. The van der Waals surface area contributed by atoms with Crippen LogP contribution in [-0.4, -0.2) is 11.5 Å². The van der Waals surface area contributed by atoms with E-state index >= 15 is 0 Å². The maximum atomic E-state index is 8.64. The number of anilines is 1. The minimum Gasteiger partial charge on any atom is -0.385 e. The maximum absolute atomic E-state index is 8.64. The molecular formula is C11H15N3. The number of aromatic nitrogens is 1. The van der Waals surface area contributed by atoms with Gasteiger partial charge in [-0.25, -0.2) is 4.98 Å². The lowest BCUT2D eigenvalue weighted by Gasteiger charge is -2.07. The first-order valence-corrected chi connectivity index (χ1v) is 4.82. The number of nitrogens with zero attached hydrogens (tertiary/aromatic N) is 2. The fraction of sp³-hybridized carbons (Fsp3) is 0.455. The quantitative estimate of drug-likeness (QED) is 0.791. The number of pyridine rings is 1. The van der Waals surface area contributed by atoms with Gasteiger partial charge in [-0.15, -0.1) is 0 Å². The van der Waals surface area contributed by atoms with Gasteiger partial charge in [0.1, 0.15) is 11.8 Å². The predicted octanol–water partition coefficient (Wildman–Crippen LogP) is 2.41. The normalized spacial score (nSPS) is 9.86. The number of hydrogen-bond donors (Lipinski definition) is 1. The van der Waals surface area contributed by atoms with Crippen LogP contribution in [0.25, 0.3) is 0 Å². The lowest BCUT2D eigenvalue weighted by atomic mass is 10.1. The van der Waals surface area contributed by atoms with E-state index in [0.717, 1.165) is 18.7 Å². The highest BCUT2D eigenvalue weighted by Gasteiger charge is 1.96. The second-order valence-corrected chi connectivity index (χ2v) is 3.65. The van der Waals surface area contributed by atoms with E-state index in [0.29, 0.717) is 11.6 Å². The van der Waals surface area contributed by atoms with E-state index in [9.17, 15) is 0 Å². The van der Waals surface area contributed by atoms with Gasteiger partial charge in [-0.05, 0) is 24.5 Å². The highest BCUT2D eigenvalue weighted by atomic mass is 14.9. The Bertz CT molecular complexity index is 326. The van der Waals surface area contributed by atoms with Gasteiger partial charge in [0, 0.05) is 18.4 Å². The lowest BCUT2D eigenvalue weighted by molar-refractivity contribution is 0.607. The number of nitrogens with one attached hydrogen (secondary N) is 1. The Kier molecular flexibility index (Phi) is 3.93. The Labute approximate surface area is 84.8 Å². The molecule has 1 heterocycles. The molecule has 0 fully saturated rings. The van der Waals surface area contributed by atoms with Crippen LogP contribution < -0.4 is 5.32 Å². The molecule has 0 radical (unpaired) electrons. The van der Waals surface area contributed by atoms with Crippen LogP contribution in [0.5, 0.6) is 0 Å². The molecule has 3 heteroatoms. The van der Waals surface area contributed by atoms with Crippen LogP contribution in [0, 0.1) is 17.2 Å². The summed E-state index contributed by atoms with van der Waals surface area (Å²) >= 11 is 0. The Morgan fingerprint density at radius 3 is 3.00 bits per heavy atom. The second kappa shape index (κ2) is 5.23. The molecule has 0 aliphatic heterocycles. The fourth-order valence-corrected chi connectivity index (χ4v) is 1.11. The molecule has 0 aliphatic carbocycles. The van der Waals surface area contributed by atoms with Crippen molar-refractivity contribution in [2.24, 2.45) is 5.92 Å². The van der Waals surface area contributed by atoms with E-state index in [-0.39, 0.29) is 0 Å². The summed E-state index contributed by atoms with van der Waals surface area (Å²) in [5.41, 5.74) is 1.43. The lowest BCUT2D eigenvalue weighted by Crippen LogP contribution is -2.04. The SMILES string of the molecule is CC(C)CCNc1ccnc(C#N)c1. The van der Waals surface area contributed by atoms with Gasteiger partial charge in [-0.3, -0.25) is 0 Å².